The third-order valence-corrected chi connectivity index (χ3v) is 3.36. The molecule has 0 radical (unpaired) electrons. The molecule has 0 aromatic heterocycles. The van der Waals surface area contributed by atoms with Gasteiger partial charge in [-0.1, -0.05) is 29.8 Å². The Morgan fingerprint density at radius 1 is 1.15 bits per heavy atom. The average molecular weight is 273 g/mol. The zero-order valence-corrected chi connectivity index (χ0v) is 12.1. The Bertz CT molecular complexity index is 608. The second-order valence-electron chi connectivity index (χ2n) is 5.19. The molecule has 3 heteroatoms. The fraction of sp³-hybridized carbons (Fsp3) is 0.294. The first-order valence-electron chi connectivity index (χ1n) is 6.71. The van der Waals surface area contributed by atoms with Crippen molar-refractivity contribution in [3.8, 4) is 5.75 Å². The molecule has 2 nitrogen and oxygen atoms in total. The summed E-state index contributed by atoms with van der Waals surface area (Å²) in [5, 5.41) is 0. The Balaban J connectivity index is 2.11. The number of benzene rings is 2. The topological polar surface area (TPSA) is 35.2 Å². The molecule has 0 fully saturated rings. The Labute approximate surface area is 119 Å². The van der Waals surface area contributed by atoms with Gasteiger partial charge in [0.1, 0.15) is 18.2 Å². The van der Waals surface area contributed by atoms with Crippen LogP contribution < -0.4 is 10.5 Å². The van der Waals surface area contributed by atoms with Gasteiger partial charge in [-0.25, -0.2) is 4.39 Å². The highest BCUT2D eigenvalue weighted by atomic mass is 19.1. The Morgan fingerprint density at radius 2 is 1.90 bits per heavy atom. The molecule has 0 heterocycles. The van der Waals surface area contributed by atoms with Crippen molar-refractivity contribution in [3.63, 3.8) is 0 Å². The first kappa shape index (κ1) is 14.5. The molecule has 0 amide bonds. The summed E-state index contributed by atoms with van der Waals surface area (Å²) in [6.45, 7) is 6.28. The van der Waals surface area contributed by atoms with Crippen LogP contribution in [0.2, 0.25) is 0 Å². The second kappa shape index (κ2) is 6.06. The van der Waals surface area contributed by atoms with Crippen molar-refractivity contribution in [2.24, 2.45) is 5.73 Å². The van der Waals surface area contributed by atoms with E-state index in [9.17, 15) is 4.39 Å². The summed E-state index contributed by atoms with van der Waals surface area (Å²) in [6.07, 6.45) is 0. The van der Waals surface area contributed by atoms with Crippen molar-refractivity contribution in [3.05, 3.63) is 64.5 Å². The molecule has 0 saturated heterocycles. The molecule has 0 aliphatic heterocycles. The maximum atomic E-state index is 13.8. The normalized spacial score (nSPS) is 12.2. The third-order valence-electron chi connectivity index (χ3n) is 3.36. The second-order valence-corrected chi connectivity index (χ2v) is 5.19. The lowest BCUT2D eigenvalue weighted by Crippen LogP contribution is -2.07. The lowest BCUT2D eigenvalue weighted by atomic mass is 10.1. The summed E-state index contributed by atoms with van der Waals surface area (Å²) in [7, 11) is 0. The van der Waals surface area contributed by atoms with E-state index >= 15 is 0 Å². The summed E-state index contributed by atoms with van der Waals surface area (Å²) in [5.74, 6) is 0.200. The molecule has 0 bridgehead atoms. The number of ether oxygens (including phenoxy) is 1. The van der Waals surface area contributed by atoms with E-state index in [1.165, 1.54) is 17.2 Å². The van der Waals surface area contributed by atoms with Crippen LogP contribution in [0.4, 0.5) is 4.39 Å². The summed E-state index contributed by atoms with van der Waals surface area (Å²) in [6, 6.07) is 10.7. The van der Waals surface area contributed by atoms with Crippen molar-refractivity contribution in [1.82, 2.24) is 0 Å². The van der Waals surface area contributed by atoms with Crippen LogP contribution >= 0.6 is 0 Å². The number of nitrogens with two attached hydrogens (primary N) is 1. The molecule has 0 saturated carbocycles. The van der Waals surface area contributed by atoms with E-state index in [0.29, 0.717) is 17.9 Å². The predicted octanol–water partition coefficient (Wildman–Crippen LogP) is 4.04. The van der Waals surface area contributed by atoms with Gasteiger partial charge in [-0.3, -0.25) is 0 Å². The number of halogens is 1. The molecule has 2 N–H and O–H groups in total. The minimum absolute atomic E-state index is 0.317. The van der Waals surface area contributed by atoms with Gasteiger partial charge in [0.2, 0.25) is 0 Å². The van der Waals surface area contributed by atoms with Crippen LogP contribution in [0.3, 0.4) is 0 Å². The van der Waals surface area contributed by atoms with Crippen molar-refractivity contribution < 1.29 is 9.13 Å². The van der Waals surface area contributed by atoms with E-state index in [2.05, 4.69) is 18.2 Å². The molecule has 1 atom stereocenters. The summed E-state index contributed by atoms with van der Waals surface area (Å²) >= 11 is 0. The molecule has 2 aromatic rings. The van der Waals surface area contributed by atoms with Crippen LogP contribution in [-0.4, -0.2) is 0 Å². The maximum absolute atomic E-state index is 13.8. The molecular formula is C17H20FNO. The maximum Gasteiger partial charge on any atom is 0.131 e. The molecule has 0 aliphatic rings. The van der Waals surface area contributed by atoms with Crippen LogP contribution in [0.1, 0.15) is 35.2 Å². The van der Waals surface area contributed by atoms with Gasteiger partial charge in [-0.05, 0) is 38.0 Å². The van der Waals surface area contributed by atoms with Gasteiger partial charge in [0.05, 0.1) is 0 Å². The lowest BCUT2D eigenvalue weighted by molar-refractivity contribution is 0.303. The molecule has 2 aromatic carbocycles. The molecular weight excluding hydrogens is 253 g/mol. The molecule has 0 aliphatic carbocycles. The first-order valence-corrected chi connectivity index (χ1v) is 6.71. The van der Waals surface area contributed by atoms with E-state index in [1.54, 1.807) is 19.1 Å². The summed E-state index contributed by atoms with van der Waals surface area (Å²) in [4.78, 5) is 0. The van der Waals surface area contributed by atoms with Gasteiger partial charge in [0, 0.05) is 17.7 Å². The van der Waals surface area contributed by atoms with E-state index in [4.69, 9.17) is 10.5 Å². The first-order chi connectivity index (χ1) is 9.47. The number of rotatable bonds is 4. The van der Waals surface area contributed by atoms with Gasteiger partial charge in [-0.2, -0.15) is 0 Å². The largest absolute Gasteiger partial charge is 0.489 e. The van der Waals surface area contributed by atoms with E-state index < -0.39 is 0 Å². The van der Waals surface area contributed by atoms with Crippen molar-refractivity contribution >= 4 is 0 Å². The zero-order valence-electron chi connectivity index (χ0n) is 12.1. The lowest BCUT2D eigenvalue weighted by Gasteiger charge is -2.12. The van der Waals surface area contributed by atoms with Crippen molar-refractivity contribution in [2.45, 2.75) is 33.4 Å². The monoisotopic (exact) mass is 273 g/mol. The standard InChI is InChI=1S/C17H20FNO/c1-11-4-5-12(2)14(8-11)10-20-15-6-7-16(13(3)19)17(18)9-15/h4-9,13H,10,19H2,1-3H3. The van der Waals surface area contributed by atoms with Gasteiger partial charge in [0.25, 0.3) is 0 Å². The van der Waals surface area contributed by atoms with Gasteiger partial charge >= 0.3 is 0 Å². The van der Waals surface area contributed by atoms with Crippen LogP contribution in [0.25, 0.3) is 0 Å². The number of hydrogen-bond donors (Lipinski definition) is 1. The van der Waals surface area contributed by atoms with Crippen LogP contribution in [-0.2, 0) is 6.61 Å². The highest BCUT2D eigenvalue weighted by molar-refractivity contribution is 5.33. The number of hydrogen-bond acceptors (Lipinski definition) is 2. The minimum atomic E-state index is -0.321. The summed E-state index contributed by atoms with van der Waals surface area (Å²) in [5.41, 5.74) is 9.66. The highest BCUT2D eigenvalue weighted by Gasteiger charge is 2.08. The molecule has 1 unspecified atom stereocenters. The molecule has 20 heavy (non-hydrogen) atoms. The zero-order chi connectivity index (χ0) is 14.7. The highest BCUT2D eigenvalue weighted by Crippen LogP contribution is 2.22. The van der Waals surface area contributed by atoms with Crippen LogP contribution in [0.15, 0.2) is 36.4 Å². The smallest absolute Gasteiger partial charge is 0.131 e. The van der Waals surface area contributed by atoms with E-state index in [1.807, 2.05) is 13.8 Å². The molecule has 106 valence electrons. The molecule has 0 spiro atoms. The Kier molecular flexibility index (Phi) is 4.40. The predicted molar refractivity (Wildman–Crippen MR) is 79.3 cm³/mol. The van der Waals surface area contributed by atoms with Gasteiger partial charge < -0.3 is 10.5 Å². The third kappa shape index (κ3) is 3.36. The molecule has 2 rings (SSSR count). The Hall–Kier alpha value is -1.87. The quantitative estimate of drug-likeness (QED) is 0.912. The van der Waals surface area contributed by atoms with Gasteiger partial charge in [-0.15, -0.1) is 0 Å². The Morgan fingerprint density at radius 3 is 2.55 bits per heavy atom. The van der Waals surface area contributed by atoms with E-state index in [0.717, 1.165) is 5.56 Å². The number of aryl methyl sites for hydroxylation is 2. The van der Waals surface area contributed by atoms with Crippen molar-refractivity contribution in [1.29, 1.82) is 0 Å². The summed E-state index contributed by atoms with van der Waals surface area (Å²) < 4.78 is 19.5. The SMILES string of the molecule is Cc1ccc(C)c(COc2ccc(C(C)N)c(F)c2)c1. The average Bonchev–Trinajstić information content (AvgIpc) is 2.39. The fourth-order valence-corrected chi connectivity index (χ4v) is 2.08. The van der Waals surface area contributed by atoms with Gasteiger partial charge in [0.15, 0.2) is 0 Å². The van der Waals surface area contributed by atoms with E-state index in [-0.39, 0.29) is 11.9 Å². The van der Waals surface area contributed by atoms with Crippen molar-refractivity contribution in [2.75, 3.05) is 0 Å². The van der Waals surface area contributed by atoms with Crippen LogP contribution in [0, 0.1) is 19.7 Å². The minimum Gasteiger partial charge on any atom is -0.489 e. The van der Waals surface area contributed by atoms with Crippen LogP contribution in [0.5, 0.6) is 5.75 Å². The fourth-order valence-electron chi connectivity index (χ4n) is 2.08.